The fourth-order valence-corrected chi connectivity index (χ4v) is 1.86. The number of nitrogens with zero attached hydrogens (tertiary/aromatic N) is 2. The van der Waals surface area contributed by atoms with Crippen LogP contribution in [0.25, 0.3) is 0 Å². The molecular formula is C16H23N3O2. The average Bonchev–Trinajstić information content (AvgIpc) is 2.98. The molecule has 0 atom stereocenters. The zero-order valence-electron chi connectivity index (χ0n) is 13.1. The highest BCUT2D eigenvalue weighted by molar-refractivity contribution is 5.48. The highest BCUT2D eigenvalue weighted by Gasteiger charge is 2.14. The normalized spacial score (nSPS) is 10.9. The molecule has 5 heteroatoms. The third-order valence-electron chi connectivity index (χ3n) is 3.11. The number of nitrogens with one attached hydrogen (secondary N) is 1. The Labute approximate surface area is 125 Å². The van der Waals surface area contributed by atoms with Crippen molar-refractivity contribution in [1.29, 1.82) is 0 Å². The van der Waals surface area contributed by atoms with Gasteiger partial charge in [-0.25, -0.2) is 4.98 Å². The van der Waals surface area contributed by atoms with Crippen LogP contribution < -0.4 is 10.1 Å². The minimum atomic E-state index is 0.249. The maximum atomic E-state index is 5.81. The Bertz CT molecular complexity index is 565. The highest BCUT2D eigenvalue weighted by Crippen LogP contribution is 2.25. The molecule has 0 aliphatic rings. The van der Waals surface area contributed by atoms with Crippen molar-refractivity contribution >= 4 is 5.82 Å². The van der Waals surface area contributed by atoms with E-state index < -0.39 is 0 Å². The second-order valence-corrected chi connectivity index (χ2v) is 5.31. The van der Waals surface area contributed by atoms with Crippen molar-refractivity contribution in [1.82, 2.24) is 9.97 Å². The van der Waals surface area contributed by atoms with Crippen molar-refractivity contribution in [3.8, 4) is 5.88 Å². The summed E-state index contributed by atoms with van der Waals surface area (Å²) in [6.07, 6.45) is 2.68. The van der Waals surface area contributed by atoms with Crippen molar-refractivity contribution in [2.24, 2.45) is 0 Å². The molecule has 0 saturated carbocycles. The number of ether oxygens (including phenoxy) is 1. The van der Waals surface area contributed by atoms with Gasteiger partial charge in [0, 0.05) is 12.5 Å². The van der Waals surface area contributed by atoms with Crippen LogP contribution in [-0.4, -0.2) is 16.5 Å². The van der Waals surface area contributed by atoms with Crippen molar-refractivity contribution < 1.29 is 9.15 Å². The fraction of sp³-hybridized carbons (Fsp3) is 0.500. The second kappa shape index (κ2) is 7.11. The quantitative estimate of drug-likeness (QED) is 0.837. The maximum absolute atomic E-state index is 5.81. The molecule has 0 radical (unpaired) electrons. The van der Waals surface area contributed by atoms with Crippen LogP contribution in [0.15, 0.2) is 22.8 Å². The van der Waals surface area contributed by atoms with Crippen molar-refractivity contribution in [3.63, 3.8) is 0 Å². The predicted octanol–water partition coefficient (Wildman–Crippen LogP) is 3.90. The van der Waals surface area contributed by atoms with E-state index in [1.807, 2.05) is 19.1 Å². The van der Waals surface area contributed by atoms with Crippen LogP contribution in [0.5, 0.6) is 5.88 Å². The van der Waals surface area contributed by atoms with Crippen LogP contribution in [0.1, 0.15) is 50.3 Å². The zero-order chi connectivity index (χ0) is 15.2. The van der Waals surface area contributed by atoms with E-state index in [1.165, 1.54) is 0 Å². The minimum Gasteiger partial charge on any atom is -0.469 e. The average molecular weight is 289 g/mol. The van der Waals surface area contributed by atoms with E-state index in [-0.39, 0.29) is 5.92 Å². The van der Waals surface area contributed by atoms with Crippen LogP contribution in [0, 0.1) is 6.92 Å². The first-order valence-electron chi connectivity index (χ1n) is 7.39. The molecule has 21 heavy (non-hydrogen) atoms. The minimum absolute atomic E-state index is 0.249. The van der Waals surface area contributed by atoms with E-state index in [0.717, 1.165) is 35.9 Å². The summed E-state index contributed by atoms with van der Waals surface area (Å²) in [6.45, 7) is 9.50. The third kappa shape index (κ3) is 3.97. The van der Waals surface area contributed by atoms with Crippen molar-refractivity contribution in [2.75, 3.05) is 11.9 Å². The molecule has 1 N–H and O–H groups in total. The van der Waals surface area contributed by atoms with Gasteiger partial charge in [-0.3, -0.25) is 0 Å². The van der Waals surface area contributed by atoms with Gasteiger partial charge in [0.1, 0.15) is 24.0 Å². The zero-order valence-corrected chi connectivity index (χ0v) is 13.1. The lowest BCUT2D eigenvalue weighted by Crippen LogP contribution is -2.10. The van der Waals surface area contributed by atoms with E-state index in [2.05, 4.69) is 36.1 Å². The Morgan fingerprint density at radius 3 is 2.76 bits per heavy atom. The van der Waals surface area contributed by atoms with E-state index in [9.17, 15) is 0 Å². The summed E-state index contributed by atoms with van der Waals surface area (Å²) < 4.78 is 11.1. The van der Waals surface area contributed by atoms with Gasteiger partial charge < -0.3 is 14.5 Å². The molecule has 0 aliphatic heterocycles. The standard InChI is InChI=1S/C16H23N3O2/c1-5-8-17-15-12(4)16(19-14(18-15)11(2)3)21-10-13-7-6-9-20-13/h6-7,9,11H,5,8,10H2,1-4H3,(H,17,18,19). The smallest absolute Gasteiger partial charge is 0.222 e. The summed E-state index contributed by atoms with van der Waals surface area (Å²) in [5, 5.41) is 3.34. The molecule has 0 saturated heterocycles. The van der Waals surface area contributed by atoms with Gasteiger partial charge in [-0.2, -0.15) is 4.98 Å². The molecule has 0 aliphatic carbocycles. The van der Waals surface area contributed by atoms with Gasteiger partial charge in [-0.15, -0.1) is 0 Å². The summed E-state index contributed by atoms with van der Waals surface area (Å²) in [5.41, 5.74) is 0.930. The molecular weight excluding hydrogens is 266 g/mol. The number of anilines is 1. The first-order valence-corrected chi connectivity index (χ1v) is 7.39. The summed E-state index contributed by atoms with van der Waals surface area (Å²) >= 11 is 0. The summed E-state index contributed by atoms with van der Waals surface area (Å²) in [7, 11) is 0. The largest absolute Gasteiger partial charge is 0.469 e. The van der Waals surface area contributed by atoms with Crippen LogP contribution >= 0.6 is 0 Å². The molecule has 0 fully saturated rings. The Hall–Kier alpha value is -2.04. The Morgan fingerprint density at radius 2 is 2.14 bits per heavy atom. The van der Waals surface area contributed by atoms with Crippen LogP contribution in [0.2, 0.25) is 0 Å². The molecule has 0 unspecified atom stereocenters. The van der Waals surface area contributed by atoms with Gasteiger partial charge in [0.25, 0.3) is 0 Å². The first-order chi connectivity index (χ1) is 10.1. The molecule has 0 spiro atoms. The van der Waals surface area contributed by atoms with Gasteiger partial charge in [0.15, 0.2) is 0 Å². The van der Waals surface area contributed by atoms with Gasteiger partial charge >= 0.3 is 0 Å². The molecule has 0 bridgehead atoms. The van der Waals surface area contributed by atoms with Crippen molar-refractivity contribution in [2.45, 2.75) is 46.6 Å². The van der Waals surface area contributed by atoms with E-state index in [1.54, 1.807) is 6.26 Å². The lowest BCUT2D eigenvalue weighted by molar-refractivity contribution is 0.257. The lowest BCUT2D eigenvalue weighted by Gasteiger charge is -2.15. The molecule has 2 heterocycles. The number of furan rings is 1. The molecule has 114 valence electrons. The summed E-state index contributed by atoms with van der Waals surface area (Å²) in [6, 6.07) is 3.73. The van der Waals surface area contributed by atoms with E-state index in [4.69, 9.17) is 9.15 Å². The second-order valence-electron chi connectivity index (χ2n) is 5.31. The monoisotopic (exact) mass is 289 g/mol. The molecule has 2 aromatic heterocycles. The Morgan fingerprint density at radius 1 is 1.33 bits per heavy atom. The van der Waals surface area contributed by atoms with Crippen LogP contribution in [-0.2, 0) is 6.61 Å². The SMILES string of the molecule is CCCNc1nc(C(C)C)nc(OCc2ccco2)c1C. The lowest BCUT2D eigenvalue weighted by atomic mass is 10.2. The van der Waals surface area contributed by atoms with Crippen LogP contribution in [0.3, 0.4) is 0 Å². The highest BCUT2D eigenvalue weighted by atomic mass is 16.5. The van der Waals surface area contributed by atoms with E-state index >= 15 is 0 Å². The first kappa shape index (κ1) is 15.4. The fourth-order valence-electron chi connectivity index (χ4n) is 1.86. The third-order valence-corrected chi connectivity index (χ3v) is 3.11. The number of aromatic nitrogens is 2. The number of hydrogen-bond acceptors (Lipinski definition) is 5. The molecule has 0 amide bonds. The Balaban J connectivity index is 2.22. The van der Waals surface area contributed by atoms with Gasteiger partial charge in [0.05, 0.1) is 11.8 Å². The van der Waals surface area contributed by atoms with Gasteiger partial charge in [-0.05, 0) is 25.5 Å². The van der Waals surface area contributed by atoms with E-state index in [0.29, 0.717) is 12.5 Å². The summed E-state index contributed by atoms with van der Waals surface area (Å²) in [4.78, 5) is 9.11. The molecule has 2 rings (SSSR count). The molecule has 0 aromatic carbocycles. The molecule has 2 aromatic rings. The molecule has 5 nitrogen and oxygen atoms in total. The predicted molar refractivity (Wildman–Crippen MR) is 82.7 cm³/mol. The topological polar surface area (TPSA) is 60.2 Å². The summed E-state index contributed by atoms with van der Waals surface area (Å²) in [5.74, 6) is 3.28. The number of rotatable bonds is 7. The van der Waals surface area contributed by atoms with Crippen molar-refractivity contribution in [3.05, 3.63) is 35.5 Å². The van der Waals surface area contributed by atoms with Crippen LogP contribution in [0.4, 0.5) is 5.82 Å². The number of hydrogen-bond donors (Lipinski definition) is 1. The van der Waals surface area contributed by atoms with Gasteiger partial charge in [-0.1, -0.05) is 20.8 Å². The van der Waals surface area contributed by atoms with Gasteiger partial charge in [0.2, 0.25) is 5.88 Å². The maximum Gasteiger partial charge on any atom is 0.222 e. The Kier molecular flexibility index (Phi) is 5.20.